The summed E-state index contributed by atoms with van der Waals surface area (Å²) in [5, 5.41) is 4.82. The lowest BCUT2D eigenvalue weighted by atomic mass is 10.2. The summed E-state index contributed by atoms with van der Waals surface area (Å²) in [6.45, 7) is 13.0. The molecule has 21 heavy (non-hydrogen) atoms. The second-order valence-corrected chi connectivity index (χ2v) is 6.21. The van der Waals surface area contributed by atoms with Gasteiger partial charge in [-0.3, -0.25) is 0 Å². The lowest BCUT2D eigenvalue weighted by Crippen LogP contribution is -2.08. The van der Waals surface area contributed by atoms with Crippen LogP contribution in [0.4, 0.5) is 5.82 Å². The van der Waals surface area contributed by atoms with Crippen LogP contribution in [0, 0.1) is 20.8 Å². The quantitative estimate of drug-likeness (QED) is 0.839. The van der Waals surface area contributed by atoms with Crippen molar-refractivity contribution < 1.29 is 4.42 Å². The van der Waals surface area contributed by atoms with Gasteiger partial charge in [0.15, 0.2) is 0 Å². The Hall–Kier alpha value is -1.56. The second kappa shape index (κ2) is 6.47. The molecular formula is C15H22N4OS. The van der Waals surface area contributed by atoms with Gasteiger partial charge in [0.2, 0.25) is 0 Å². The van der Waals surface area contributed by atoms with Crippen molar-refractivity contribution in [2.45, 2.75) is 57.7 Å². The Balaban J connectivity index is 2.41. The molecule has 0 aliphatic carbocycles. The van der Waals surface area contributed by atoms with Crippen LogP contribution in [0.2, 0.25) is 0 Å². The zero-order chi connectivity index (χ0) is 15.6. The van der Waals surface area contributed by atoms with Crippen LogP contribution in [0.3, 0.4) is 0 Å². The number of aromatic nitrogens is 3. The number of aryl methyl sites for hydroxylation is 2. The molecule has 2 heterocycles. The van der Waals surface area contributed by atoms with E-state index in [0.717, 1.165) is 40.2 Å². The highest BCUT2D eigenvalue weighted by molar-refractivity contribution is 7.99. The van der Waals surface area contributed by atoms with Crippen molar-refractivity contribution in [3.63, 3.8) is 0 Å². The highest BCUT2D eigenvalue weighted by atomic mass is 32.2. The smallest absolute Gasteiger partial charge is 0.262 e. The zero-order valence-corrected chi connectivity index (χ0v) is 14.3. The Bertz CT molecular complexity index is 617. The average molecular weight is 306 g/mol. The van der Waals surface area contributed by atoms with Gasteiger partial charge in [-0.05, 0) is 39.5 Å². The minimum Gasteiger partial charge on any atom is -0.436 e. The van der Waals surface area contributed by atoms with E-state index in [-0.39, 0.29) is 5.92 Å². The normalized spacial score (nSPS) is 11.2. The molecule has 0 saturated carbocycles. The summed E-state index contributed by atoms with van der Waals surface area (Å²) in [5.41, 5.74) is 1.94. The van der Waals surface area contributed by atoms with E-state index < -0.39 is 0 Å². The van der Waals surface area contributed by atoms with Crippen molar-refractivity contribution in [3.8, 4) is 0 Å². The second-order valence-electron chi connectivity index (χ2n) is 5.27. The van der Waals surface area contributed by atoms with Gasteiger partial charge in [-0.25, -0.2) is 15.0 Å². The Labute approximate surface area is 130 Å². The molecule has 2 aromatic heterocycles. The average Bonchev–Trinajstić information content (AvgIpc) is 2.73. The molecule has 0 spiro atoms. The van der Waals surface area contributed by atoms with Crippen LogP contribution < -0.4 is 5.32 Å². The van der Waals surface area contributed by atoms with Crippen molar-refractivity contribution in [2.75, 3.05) is 11.9 Å². The van der Waals surface area contributed by atoms with E-state index >= 15 is 0 Å². The molecule has 114 valence electrons. The van der Waals surface area contributed by atoms with E-state index in [0.29, 0.717) is 5.22 Å². The number of rotatable bonds is 5. The summed E-state index contributed by atoms with van der Waals surface area (Å²) >= 11 is 1.45. The Morgan fingerprint density at radius 1 is 1.14 bits per heavy atom. The first-order valence-corrected chi connectivity index (χ1v) is 7.98. The largest absolute Gasteiger partial charge is 0.436 e. The Kier molecular flexibility index (Phi) is 4.88. The minimum absolute atomic E-state index is 0.274. The molecule has 1 N–H and O–H groups in total. The van der Waals surface area contributed by atoms with E-state index in [9.17, 15) is 0 Å². The number of anilines is 1. The van der Waals surface area contributed by atoms with Gasteiger partial charge in [0.25, 0.3) is 5.22 Å². The van der Waals surface area contributed by atoms with Crippen LogP contribution in [-0.2, 0) is 0 Å². The molecule has 0 fully saturated rings. The predicted molar refractivity (Wildman–Crippen MR) is 85.1 cm³/mol. The van der Waals surface area contributed by atoms with Gasteiger partial charge in [0.05, 0.1) is 5.69 Å². The molecular weight excluding hydrogens is 284 g/mol. The first-order chi connectivity index (χ1) is 9.92. The first-order valence-electron chi connectivity index (χ1n) is 7.16. The van der Waals surface area contributed by atoms with Crippen LogP contribution in [0.25, 0.3) is 0 Å². The third kappa shape index (κ3) is 3.56. The molecule has 0 aromatic carbocycles. The van der Waals surface area contributed by atoms with E-state index in [1.165, 1.54) is 11.8 Å². The topological polar surface area (TPSA) is 63.8 Å². The number of oxazole rings is 1. The molecule has 0 aliphatic rings. The molecule has 0 saturated heterocycles. The van der Waals surface area contributed by atoms with Crippen molar-refractivity contribution in [1.82, 2.24) is 15.0 Å². The van der Waals surface area contributed by atoms with E-state index in [2.05, 4.69) is 41.0 Å². The molecule has 2 aromatic rings. The lowest BCUT2D eigenvalue weighted by molar-refractivity contribution is 0.431. The summed E-state index contributed by atoms with van der Waals surface area (Å²) < 4.78 is 5.64. The minimum atomic E-state index is 0.274. The fourth-order valence-electron chi connectivity index (χ4n) is 1.78. The highest BCUT2D eigenvalue weighted by Crippen LogP contribution is 2.32. The molecule has 0 amide bonds. The maximum atomic E-state index is 5.64. The number of nitrogens with one attached hydrogen (secondary N) is 1. The Morgan fingerprint density at radius 3 is 2.38 bits per heavy atom. The standard InChI is InChI=1S/C15H22N4OS/c1-7-16-13-9(4)14(19-12(18-13)8(2)3)21-15-17-10(5)11(6)20-15/h8H,7H2,1-6H3,(H,16,18,19). The zero-order valence-electron chi connectivity index (χ0n) is 13.4. The summed E-state index contributed by atoms with van der Waals surface area (Å²) in [6.07, 6.45) is 0. The maximum absolute atomic E-state index is 5.64. The maximum Gasteiger partial charge on any atom is 0.262 e. The van der Waals surface area contributed by atoms with Crippen molar-refractivity contribution in [3.05, 3.63) is 22.8 Å². The Morgan fingerprint density at radius 2 is 1.86 bits per heavy atom. The molecule has 6 heteroatoms. The summed E-state index contributed by atoms with van der Waals surface area (Å²) in [4.78, 5) is 13.7. The van der Waals surface area contributed by atoms with Gasteiger partial charge < -0.3 is 9.73 Å². The molecule has 0 radical (unpaired) electrons. The highest BCUT2D eigenvalue weighted by Gasteiger charge is 2.16. The molecule has 5 nitrogen and oxygen atoms in total. The van der Waals surface area contributed by atoms with Crippen LogP contribution in [0.15, 0.2) is 14.7 Å². The fraction of sp³-hybridized carbons (Fsp3) is 0.533. The molecule has 0 unspecified atom stereocenters. The fourth-order valence-corrected chi connectivity index (χ4v) is 2.68. The van der Waals surface area contributed by atoms with Crippen LogP contribution in [-0.4, -0.2) is 21.5 Å². The first kappa shape index (κ1) is 15.8. The monoisotopic (exact) mass is 306 g/mol. The summed E-state index contributed by atoms with van der Waals surface area (Å²) in [6, 6.07) is 0. The summed E-state index contributed by atoms with van der Waals surface area (Å²) in [5.74, 6) is 2.84. The molecule has 0 aliphatic heterocycles. The van der Waals surface area contributed by atoms with E-state index in [1.54, 1.807) is 0 Å². The van der Waals surface area contributed by atoms with Gasteiger partial charge in [0, 0.05) is 18.0 Å². The van der Waals surface area contributed by atoms with E-state index in [4.69, 9.17) is 4.42 Å². The van der Waals surface area contributed by atoms with Crippen molar-refractivity contribution in [1.29, 1.82) is 0 Å². The number of nitrogens with zero attached hydrogens (tertiary/aromatic N) is 3. The number of hydrogen-bond donors (Lipinski definition) is 1. The van der Waals surface area contributed by atoms with Crippen molar-refractivity contribution >= 4 is 17.6 Å². The summed E-state index contributed by atoms with van der Waals surface area (Å²) in [7, 11) is 0. The van der Waals surface area contributed by atoms with Crippen molar-refractivity contribution in [2.24, 2.45) is 0 Å². The van der Waals surface area contributed by atoms with Crippen LogP contribution in [0.5, 0.6) is 0 Å². The van der Waals surface area contributed by atoms with Gasteiger partial charge in [-0.15, -0.1) is 0 Å². The van der Waals surface area contributed by atoms with E-state index in [1.807, 2.05) is 20.8 Å². The van der Waals surface area contributed by atoms with Gasteiger partial charge in [0.1, 0.15) is 22.4 Å². The lowest BCUT2D eigenvalue weighted by Gasteiger charge is -2.13. The van der Waals surface area contributed by atoms with Crippen LogP contribution >= 0.6 is 11.8 Å². The third-order valence-electron chi connectivity index (χ3n) is 3.17. The van der Waals surface area contributed by atoms with Gasteiger partial charge in [-0.2, -0.15) is 0 Å². The SMILES string of the molecule is CCNc1nc(C(C)C)nc(Sc2nc(C)c(C)o2)c1C. The molecule has 0 bridgehead atoms. The molecule has 0 atom stereocenters. The van der Waals surface area contributed by atoms with Gasteiger partial charge >= 0.3 is 0 Å². The van der Waals surface area contributed by atoms with Crippen LogP contribution in [0.1, 0.15) is 49.5 Å². The third-order valence-corrected chi connectivity index (χ3v) is 4.11. The number of hydrogen-bond acceptors (Lipinski definition) is 6. The van der Waals surface area contributed by atoms with Gasteiger partial charge in [-0.1, -0.05) is 13.8 Å². The molecule has 2 rings (SSSR count). The predicted octanol–water partition coefficient (Wildman–Crippen LogP) is 4.10.